The third-order valence-electron chi connectivity index (χ3n) is 2.67. The number of alkyl halides is 1. The van der Waals surface area contributed by atoms with E-state index in [2.05, 4.69) is 0 Å². The number of nitrogens with two attached hydrogens (primary N) is 1. The lowest BCUT2D eigenvalue weighted by Crippen LogP contribution is -2.20. The highest BCUT2D eigenvalue weighted by Gasteiger charge is 2.21. The standard InChI is InChI=1S/C11H14FN3/c12-9-5-6-15(7-9)10-3-1-8(2-4-10)11(13)14/h1-4,9H,5-7H2,(H3,13,14). The molecule has 3 nitrogen and oxygen atoms in total. The second kappa shape index (κ2) is 3.88. The Morgan fingerprint density at radius 1 is 1.40 bits per heavy atom. The average Bonchev–Trinajstić information content (AvgIpc) is 2.65. The van der Waals surface area contributed by atoms with Crippen LogP contribution in [-0.4, -0.2) is 25.1 Å². The van der Waals surface area contributed by atoms with Crippen LogP contribution in [-0.2, 0) is 0 Å². The molecule has 1 atom stereocenters. The molecule has 1 saturated heterocycles. The number of nitrogens with zero attached hydrogens (tertiary/aromatic N) is 1. The van der Waals surface area contributed by atoms with Crippen molar-refractivity contribution in [2.45, 2.75) is 12.6 Å². The van der Waals surface area contributed by atoms with Gasteiger partial charge in [-0.05, 0) is 30.7 Å². The molecule has 1 aromatic carbocycles. The van der Waals surface area contributed by atoms with E-state index < -0.39 is 6.17 Å². The van der Waals surface area contributed by atoms with E-state index in [0.29, 0.717) is 18.5 Å². The summed E-state index contributed by atoms with van der Waals surface area (Å²) in [6.45, 7) is 1.24. The molecule has 3 N–H and O–H groups in total. The molecule has 0 aromatic heterocycles. The normalized spacial score (nSPS) is 20.6. The summed E-state index contributed by atoms with van der Waals surface area (Å²) < 4.78 is 13.0. The lowest BCUT2D eigenvalue weighted by atomic mass is 10.2. The van der Waals surface area contributed by atoms with Crippen molar-refractivity contribution in [3.8, 4) is 0 Å². The zero-order valence-electron chi connectivity index (χ0n) is 8.41. The van der Waals surface area contributed by atoms with E-state index in [1.807, 2.05) is 17.0 Å². The van der Waals surface area contributed by atoms with Crippen molar-refractivity contribution in [1.82, 2.24) is 0 Å². The van der Waals surface area contributed by atoms with Crippen molar-refractivity contribution in [3.63, 3.8) is 0 Å². The molecule has 1 fully saturated rings. The van der Waals surface area contributed by atoms with Gasteiger partial charge in [-0.2, -0.15) is 0 Å². The first-order chi connectivity index (χ1) is 7.16. The summed E-state index contributed by atoms with van der Waals surface area (Å²) in [5, 5.41) is 7.25. The summed E-state index contributed by atoms with van der Waals surface area (Å²) in [6, 6.07) is 7.36. The van der Waals surface area contributed by atoms with Crippen LogP contribution < -0.4 is 10.6 Å². The molecule has 1 heterocycles. The highest BCUT2D eigenvalue weighted by molar-refractivity contribution is 5.95. The molecule has 2 rings (SSSR count). The van der Waals surface area contributed by atoms with E-state index in [4.69, 9.17) is 11.1 Å². The van der Waals surface area contributed by atoms with Crippen LogP contribution in [0.2, 0.25) is 0 Å². The Hall–Kier alpha value is -1.58. The van der Waals surface area contributed by atoms with Gasteiger partial charge in [0.05, 0.1) is 0 Å². The van der Waals surface area contributed by atoms with E-state index >= 15 is 0 Å². The van der Waals surface area contributed by atoms with E-state index in [1.165, 1.54) is 0 Å². The maximum absolute atomic E-state index is 13.0. The SMILES string of the molecule is N=C(N)c1ccc(N2CCC(F)C2)cc1. The van der Waals surface area contributed by atoms with Crippen LogP contribution in [0.1, 0.15) is 12.0 Å². The molecule has 1 aromatic rings. The molecule has 1 aliphatic rings. The molecule has 0 spiro atoms. The van der Waals surface area contributed by atoms with Crippen molar-refractivity contribution < 1.29 is 4.39 Å². The van der Waals surface area contributed by atoms with Gasteiger partial charge in [0.15, 0.2) is 0 Å². The lowest BCUT2D eigenvalue weighted by Gasteiger charge is -2.17. The van der Waals surface area contributed by atoms with E-state index in [0.717, 1.165) is 12.2 Å². The van der Waals surface area contributed by atoms with Gasteiger partial charge in [-0.3, -0.25) is 5.41 Å². The smallest absolute Gasteiger partial charge is 0.122 e. The van der Waals surface area contributed by atoms with Crippen molar-refractivity contribution >= 4 is 11.5 Å². The fourth-order valence-electron chi connectivity index (χ4n) is 1.80. The molecule has 1 aliphatic heterocycles. The van der Waals surface area contributed by atoms with E-state index in [1.54, 1.807) is 12.1 Å². The number of rotatable bonds is 2. The maximum Gasteiger partial charge on any atom is 0.122 e. The van der Waals surface area contributed by atoms with Gasteiger partial charge < -0.3 is 10.6 Å². The first kappa shape index (κ1) is 9.96. The van der Waals surface area contributed by atoms with Crippen molar-refractivity contribution in [2.24, 2.45) is 5.73 Å². The maximum atomic E-state index is 13.0. The lowest BCUT2D eigenvalue weighted by molar-refractivity contribution is 0.364. The predicted molar refractivity (Wildman–Crippen MR) is 59.2 cm³/mol. The highest BCUT2D eigenvalue weighted by Crippen LogP contribution is 2.21. The van der Waals surface area contributed by atoms with Crippen molar-refractivity contribution in [3.05, 3.63) is 29.8 Å². The number of amidine groups is 1. The number of nitrogen functional groups attached to an aromatic ring is 1. The summed E-state index contributed by atoms with van der Waals surface area (Å²) in [5.74, 6) is 0.0614. The Kier molecular flexibility index (Phi) is 2.58. The van der Waals surface area contributed by atoms with Crippen LogP contribution in [0.3, 0.4) is 0 Å². The number of halogens is 1. The van der Waals surface area contributed by atoms with Crippen LogP contribution in [0.4, 0.5) is 10.1 Å². The molecular weight excluding hydrogens is 193 g/mol. The fourth-order valence-corrected chi connectivity index (χ4v) is 1.80. The van der Waals surface area contributed by atoms with Crippen LogP contribution in [0.15, 0.2) is 24.3 Å². The summed E-state index contributed by atoms with van der Waals surface area (Å²) in [6.07, 6.45) is -0.105. The summed E-state index contributed by atoms with van der Waals surface area (Å²) >= 11 is 0. The fraction of sp³-hybridized carbons (Fsp3) is 0.364. The molecule has 1 unspecified atom stereocenters. The third-order valence-corrected chi connectivity index (χ3v) is 2.67. The molecule has 80 valence electrons. The number of anilines is 1. The first-order valence-corrected chi connectivity index (χ1v) is 5.00. The zero-order valence-corrected chi connectivity index (χ0v) is 8.41. The second-order valence-electron chi connectivity index (χ2n) is 3.79. The zero-order chi connectivity index (χ0) is 10.8. The van der Waals surface area contributed by atoms with Gasteiger partial charge in [-0.25, -0.2) is 4.39 Å². The third kappa shape index (κ3) is 2.09. The quantitative estimate of drug-likeness (QED) is 0.570. The van der Waals surface area contributed by atoms with Crippen LogP contribution in [0.25, 0.3) is 0 Å². The van der Waals surface area contributed by atoms with Crippen LogP contribution in [0.5, 0.6) is 0 Å². The molecule has 0 radical (unpaired) electrons. The van der Waals surface area contributed by atoms with Gasteiger partial charge >= 0.3 is 0 Å². The first-order valence-electron chi connectivity index (χ1n) is 5.00. The largest absolute Gasteiger partial charge is 0.384 e. The molecular formula is C11H14FN3. The van der Waals surface area contributed by atoms with Gasteiger partial charge in [-0.15, -0.1) is 0 Å². The Morgan fingerprint density at radius 3 is 2.53 bits per heavy atom. The second-order valence-corrected chi connectivity index (χ2v) is 3.79. The van der Waals surface area contributed by atoms with Gasteiger partial charge in [-0.1, -0.05) is 0 Å². The van der Waals surface area contributed by atoms with Gasteiger partial charge in [0.25, 0.3) is 0 Å². The number of hydrogen-bond acceptors (Lipinski definition) is 2. The minimum atomic E-state index is -0.711. The Bertz CT molecular complexity index is 361. The monoisotopic (exact) mass is 207 g/mol. The molecule has 4 heteroatoms. The van der Waals surface area contributed by atoms with Crippen molar-refractivity contribution in [1.29, 1.82) is 5.41 Å². The van der Waals surface area contributed by atoms with Gasteiger partial charge in [0, 0.05) is 24.3 Å². The summed E-state index contributed by atoms with van der Waals surface area (Å²) in [5.41, 5.74) is 7.05. The molecule has 15 heavy (non-hydrogen) atoms. The van der Waals surface area contributed by atoms with E-state index in [9.17, 15) is 4.39 Å². The topological polar surface area (TPSA) is 53.1 Å². The average molecular weight is 207 g/mol. The minimum Gasteiger partial charge on any atom is -0.384 e. The van der Waals surface area contributed by atoms with E-state index in [-0.39, 0.29) is 5.84 Å². The van der Waals surface area contributed by atoms with Gasteiger partial charge in [0.1, 0.15) is 12.0 Å². The molecule has 0 amide bonds. The molecule has 0 aliphatic carbocycles. The number of hydrogen-bond donors (Lipinski definition) is 2. The molecule has 0 saturated carbocycles. The van der Waals surface area contributed by atoms with Crippen LogP contribution >= 0.6 is 0 Å². The Balaban J connectivity index is 2.13. The minimum absolute atomic E-state index is 0.0614. The number of nitrogens with one attached hydrogen (secondary N) is 1. The summed E-state index contributed by atoms with van der Waals surface area (Å²) in [4.78, 5) is 2.01. The Morgan fingerprint density at radius 2 is 2.07 bits per heavy atom. The van der Waals surface area contributed by atoms with Crippen molar-refractivity contribution in [2.75, 3.05) is 18.0 Å². The van der Waals surface area contributed by atoms with Crippen LogP contribution in [0, 0.1) is 5.41 Å². The molecule has 0 bridgehead atoms. The number of benzene rings is 1. The highest BCUT2D eigenvalue weighted by atomic mass is 19.1. The summed E-state index contributed by atoms with van der Waals surface area (Å²) in [7, 11) is 0. The predicted octanol–water partition coefficient (Wildman–Crippen LogP) is 1.52. The van der Waals surface area contributed by atoms with Gasteiger partial charge in [0.2, 0.25) is 0 Å². The Labute approximate surface area is 88.2 Å².